The van der Waals surface area contributed by atoms with Crippen LogP contribution < -0.4 is 4.57 Å². The van der Waals surface area contributed by atoms with E-state index in [4.69, 9.17) is 13.3 Å². The molecule has 0 amide bonds. The molecule has 1 N–H and O–H groups in total. The Balaban J connectivity index is 0.000000697. The van der Waals surface area contributed by atoms with Crippen LogP contribution >= 0.6 is 7.81 Å². The second-order valence-electron chi connectivity index (χ2n) is 4.89. The van der Waals surface area contributed by atoms with Gasteiger partial charge in [-0.2, -0.15) is 0 Å². The van der Waals surface area contributed by atoms with Crippen LogP contribution in [0.3, 0.4) is 0 Å². The van der Waals surface area contributed by atoms with Crippen molar-refractivity contribution >= 4 is 16.6 Å². The van der Waals surface area contributed by atoms with Crippen molar-refractivity contribution in [3.63, 3.8) is 0 Å². The van der Waals surface area contributed by atoms with Gasteiger partial charge >= 0.3 is 41.8 Å². The second-order valence-corrected chi connectivity index (χ2v) is 9.54. The SMILES string of the molecule is CCO[Si](CCC[n+]1cc[nH]c1)(OCC)OCC.F[P-](F)(F)(F)(F)F. The fourth-order valence-corrected chi connectivity index (χ4v) is 4.53. The quantitative estimate of drug-likeness (QED) is 0.248. The maximum atomic E-state index is 9.87. The Bertz CT molecular complexity index is 457. The molecule has 0 aromatic carbocycles. The van der Waals surface area contributed by atoms with Gasteiger partial charge in [-0.25, -0.2) is 4.57 Å². The van der Waals surface area contributed by atoms with Crippen LogP contribution in [0.25, 0.3) is 0 Å². The van der Waals surface area contributed by atoms with E-state index in [1.807, 2.05) is 39.5 Å². The minimum atomic E-state index is -10.7. The van der Waals surface area contributed by atoms with Crippen LogP contribution in [0.5, 0.6) is 0 Å². The number of aryl methyl sites for hydroxylation is 1. The van der Waals surface area contributed by atoms with Gasteiger partial charge < -0.3 is 13.3 Å². The minimum absolute atomic E-state index is 0.642. The molecular weight excluding hydrogens is 393 g/mol. The average Bonchev–Trinajstić information content (AvgIpc) is 2.89. The summed E-state index contributed by atoms with van der Waals surface area (Å²) in [7, 11) is -13.1. The van der Waals surface area contributed by atoms with Crippen molar-refractivity contribution in [2.45, 2.75) is 39.8 Å². The summed E-state index contributed by atoms with van der Waals surface area (Å²) in [6, 6.07) is 0.862. The third kappa shape index (κ3) is 16.5. The standard InChI is InChI=1S/C12H24N2O3Si.F6P/c1-4-15-18(16-5-2,17-6-3)11-7-9-14-10-8-13-12-14;1-7(2,3,4,5)6/h8,10,12H,4-7,9,11H2,1-3H3;/q;-1/p+1. The van der Waals surface area contributed by atoms with Crippen molar-refractivity contribution in [3.05, 3.63) is 18.7 Å². The van der Waals surface area contributed by atoms with Crippen LogP contribution in [0.4, 0.5) is 25.2 Å². The summed E-state index contributed by atoms with van der Waals surface area (Å²) in [5.41, 5.74) is 0. The Morgan fingerprint density at radius 2 is 1.36 bits per heavy atom. The molecule has 5 nitrogen and oxygen atoms in total. The van der Waals surface area contributed by atoms with E-state index in [1.165, 1.54) is 0 Å². The first kappa shape index (κ1) is 24.3. The normalized spacial score (nSPS) is 15.1. The van der Waals surface area contributed by atoms with Crippen molar-refractivity contribution in [2.75, 3.05) is 19.8 Å². The van der Waals surface area contributed by atoms with E-state index in [0.717, 1.165) is 19.0 Å². The van der Waals surface area contributed by atoms with Gasteiger partial charge in [0.15, 0.2) is 0 Å². The van der Waals surface area contributed by atoms with E-state index in [9.17, 15) is 25.2 Å². The number of aromatic amines is 1. The zero-order valence-electron chi connectivity index (χ0n) is 14.4. The molecule has 0 bridgehead atoms. The summed E-state index contributed by atoms with van der Waals surface area (Å²) >= 11 is 0. The van der Waals surface area contributed by atoms with Crippen LogP contribution in [0.15, 0.2) is 18.7 Å². The number of nitrogens with one attached hydrogen (secondary N) is 1. The van der Waals surface area contributed by atoms with Gasteiger partial charge in [-0.1, -0.05) is 0 Å². The first-order valence-corrected chi connectivity index (χ1v) is 11.7. The molecule has 1 aromatic rings. The maximum absolute atomic E-state index is 10.7. The Labute approximate surface area is 143 Å². The monoisotopic (exact) mass is 418 g/mol. The predicted molar refractivity (Wildman–Crippen MR) is 84.6 cm³/mol. The summed E-state index contributed by atoms with van der Waals surface area (Å²) in [5, 5.41) is 0. The number of imidazole rings is 1. The molecule has 0 fully saturated rings. The average molecular weight is 418 g/mol. The van der Waals surface area contributed by atoms with Crippen LogP contribution in [-0.2, 0) is 19.8 Å². The predicted octanol–water partition coefficient (Wildman–Crippen LogP) is 5.12. The van der Waals surface area contributed by atoms with Crippen molar-refractivity contribution in [2.24, 2.45) is 0 Å². The molecule has 0 saturated heterocycles. The van der Waals surface area contributed by atoms with E-state index < -0.39 is 16.6 Å². The van der Waals surface area contributed by atoms with Crippen LogP contribution in [0.1, 0.15) is 27.2 Å². The molecule has 13 heteroatoms. The Kier molecular flexibility index (Phi) is 8.56. The molecule has 0 aliphatic carbocycles. The van der Waals surface area contributed by atoms with E-state index in [-0.39, 0.29) is 0 Å². The van der Waals surface area contributed by atoms with Crippen molar-refractivity contribution < 1.29 is 43.0 Å². The topological polar surface area (TPSA) is 47.4 Å². The third-order valence-electron chi connectivity index (χ3n) is 2.59. The number of aromatic nitrogens is 2. The zero-order valence-corrected chi connectivity index (χ0v) is 16.3. The summed E-state index contributed by atoms with van der Waals surface area (Å²) in [6.45, 7) is 8.84. The van der Waals surface area contributed by atoms with Crippen molar-refractivity contribution in [1.82, 2.24) is 4.98 Å². The van der Waals surface area contributed by atoms with Gasteiger partial charge in [-0.3, -0.25) is 4.98 Å². The summed E-state index contributed by atoms with van der Waals surface area (Å²) in [5.74, 6) is 0. The molecular formula is C12H25F6N2O3PSi. The fraction of sp³-hybridized carbons (Fsp3) is 0.750. The Morgan fingerprint density at radius 1 is 0.920 bits per heavy atom. The van der Waals surface area contributed by atoms with Crippen molar-refractivity contribution in [1.29, 1.82) is 0 Å². The summed E-state index contributed by atoms with van der Waals surface area (Å²) < 4.78 is 78.7. The first-order chi connectivity index (χ1) is 11.2. The van der Waals surface area contributed by atoms with Gasteiger partial charge in [-0.15, -0.1) is 0 Å². The molecule has 0 saturated carbocycles. The molecule has 0 unspecified atom stereocenters. The van der Waals surface area contributed by atoms with Gasteiger partial charge in [0.2, 0.25) is 6.33 Å². The van der Waals surface area contributed by atoms with Crippen LogP contribution in [0, 0.1) is 0 Å². The zero-order chi connectivity index (χ0) is 19.7. The van der Waals surface area contributed by atoms with Crippen LogP contribution in [0.2, 0.25) is 6.04 Å². The number of rotatable bonds is 10. The van der Waals surface area contributed by atoms with E-state index in [1.54, 1.807) is 0 Å². The van der Waals surface area contributed by atoms with Gasteiger partial charge in [0.1, 0.15) is 12.4 Å². The number of H-pyrrole nitrogens is 1. The van der Waals surface area contributed by atoms with Crippen molar-refractivity contribution in [3.8, 4) is 0 Å². The van der Waals surface area contributed by atoms with Gasteiger partial charge in [0, 0.05) is 25.9 Å². The first-order valence-electron chi connectivity index (χ1n) is 7.71. The molecule has 1 rings (SSSR count). The molecule has 0 atom stereocenters. The third-order valence-corrected chi connectivity index (χ3v) is 5.75. The Hall–Kier alpha value is -0.683. The fourth-order valence-electron chi connectivity index (χ4n) is 1.94. The van der Waals surface area contributed by atoms with Crippen LogP contribution in [-0.4, -0.2) is 33.6 Å². The molecule has 0 aliphatic heterocycles. The molecule has 0 aliphatic rings. The summed E-state index contributed by atoms with van der Waals surface area (Å²) in [4.78, 5) is 3.03. The molecule has 0 spiro atoms. The Morgan fingerprint density at radius 3 is 1.68 bits per heavy atom. The summed E-state index contributed by atoms with van der Waals surface area (Å²) in [6.07, 6.45) is 6.88. The number of hydrogen-bond donors (Lipinski definition) is 1. The number of halogens is 6. The molecule has 0 radical (unpaired) electrons. The molecule has 25 heavy (non-hydrogen) atoms. The van der Waals surface area contributed by atoms with Gasteiger partial charge in [-0.05, 0) is 27.2 Å². The van der Waals surface area contributed by atoms with E-state index in [2.05, 4.69) is 9.55 Å². The second kappa shape index (κ2) is 8.80. The van der Waals surface area contributed by atoms with Gasteiger partial charge in [0.05, 0.1) is 6.54 Å². The van der Waals surface area contributed by atoms with E-state index >= 15 is 0 Å². The number of hydrogen-bond acceptors (Lipinski definition) is 3. The van der Waals surface area contributed by atoms with E-state index in [0.29, 0.717) is 19.8 Å². The molecule has 1 aromatic heterocycles. The molecule has 1 heterocycles. The molecule has 152 valence electrons. The van der Waals surface area contributed by atoms with Gasteiger partial charge in [0.25, 0.3) is 0 Å². The number of nitrogens with zero attached hydrogens (tertiary/aromatic N) is 1.